The molecule has 1 heterocycles. The minimum absolute atomic E-state index is 0.0454. The van der Waals surface area contributed by atoms with Gasteiger partial charge in [0.15, 0.2) is 9.84 Å². The van der Waals surface area contributed by atoms with Crippen molar-refractivity contribution >= 4 is 9.84 Å². The average molecular weight is 273 g/mol. The summed E-state index contributed by atoms with van der Waals surface area (Å²) in [6.45, 7) is 7.82. The minimum atomic E-state index is -2.87. The fraction of sp³-hybridized carbons (Fsp3) is 0.917. The SMILES string of the molecule is CCCS(=O)(=O)CCN1CCN(C(C)C#N)CC1. The molecule has 0 spiro atoms. The predicted octanol–water partition coefficient (Wildman–Crippen LogP) is 0.341. The van der Waals surface area contributed by atoms with Gasteiger partial charge in [-0.25, -0.2) is 8.42 Å². The minimum Gasteiger partial charge on any atom is -0.300 e. The van der Waals surface area contributed by atoms with Crippen LogP contribution in [0.15, 0.2) is 0 Å². The zero-order valence-electron chi connectivity index (χ0n) is 11.3. The van der Waals surface area contributed by atoms with Gasteiger partial charge in [0.2, 0.25) is 0 Å². The first-order valence-electron chi connectivity index (χ1n) is 6.55. The number of rotatable bonds is 6. The average Bonchev–Trinajstić information content (AvgIpc) is 2.36. The van der Waals surface area contributed by atoms with E-state index in [1.807, 2.05) is 13.8 Å². The molecule has 0 aromatic heterocycles. The second-order valence-corrected chi connectivity index (χ2v) is 7.14. The maximum Gasteiger partial charge on any atom is 0.151 e. The highest BCUT2D eigenvalue weighted by Gasteiger charge is 2.21. The summed E-state index contributed by atoms with van der Waals surface area (Å²) in [7, 11) is -2.87. The van der Waals surface area contributed by atoms with Crippen LogP contribution in [0.5, 0.6) is 0 Å². The van der Waals surface area contributed by atoms with E-state index >= 15 is 0 Å². The van der Waals surface area contributed by atoms with Crippen LogP contribution < -0.4 is 0 Å². The number of piperazine rings is 1. The molecule has 0 N–H and O–H groups in total. The monoisotopic (exact) mass is 273 g/mol. The van der Waals surface area contributed by atoms with Gasteiger partial charge in [-0.15, -0.1) is 0 Å². The summed E-state index contributed by atoms with van der Waals surface area (Å²) in [4.78, 5) is 4.31. The van der Waals surface area contributed by atoms with Crippen LogP contribution in [-0.4, -0.2) is 68.5 Å². The van der Waals surface area contributed by atoms with Gasteiger partial charge in [0.1, 0.15) is 0 Å². The molecule has 0 aromatic rings. The van der Waals surface area contributed by atoms with Crippen LogP contribution in [0, 0.1) is 11.3 Å². The predicted molar refractivity (Wildman–Crippen MR) is 72.0 cm³/mol. The van der Waals surface area contributed by atoms with E-state index in [0.29, 0.717) is 18.7 Å². The first-order chi connectivity index (χ1) is 8.48. The van der Waals surface area contributed by atoms with Crippen LogP contribution >= 0.6 is 0 Å². The molecule has 1 atom stereocenters. The second kappa shape index (κ2) is 7.07. The molecule has 0 amide bonds. The summed E-state index contributed by atoms with van der Waals surface area (Å²) >= 11 is 0. The third-order valence-corrected chi connectivity index (χ3v) is 5.21. The van der Waals surface area contributed by atoms with Crippen molar-refractivity contribution in [3.63, 3.8) is 0 Å². The van der Waals surface area contributed by atoms with Crippen molar-refractivity contribution in [1.82, 2.24) is 9.80 Å². The Hall–Kier alpha value is -0.640. The van der Waals surface area contributed by atoms with Gasteiger partial charge in [-0.3, -0.25) is 9.80 Å². The molecule has 6 heteroatoms. The van der Waals surface area contributed by atoms with Gasteiger partial charge in [-0.2, -0.15) is 5.26 Å². The van der Waals surface area contributed by atoms with Crippen molar-refractivity contribution in [3.05, 3.63) is 0 Å². The molecule has 1 rings (SSSR count). The Kier molecular flexibility index (Phi) is 6.06. The van der Waals surface area contributed by atoms with Gasteiger partial charge >= 0.3 is 0 Å². The van der Waals surface area contributed by atoms with E-state index < -0.39 is 9.84 Å². The molecule has 18 heavy (non-hydrogen) atoms. The normalized spacial score (nSPS) is 20.5. The largest absolute Gasteiger partial charge is 0.300 e. The standard InChI is InChI=1S/C12H23N3O2S/c1-3-9-18(16,17)10-8-14-4-6-15(7-5-14)12(2)11-13/h12H,3-10H2,1-2H3. The van der Waals surface area contributed by atoms with Crippen LogP contribution in [0.1, 0.15) is 20.3 Å². The summed E-state index contributed by atoms with van der Waals surface area (Å²) in [5.41, 5.74) is 0. The van der Waals surface area contributed by atoms with Gasteiger partial charge in [0.25, 0.3) is 0 Å². The van der Waals surface area contributed by atoms with E-state index in [0.717, 1.165) is 26.2 Å². The third-order valence-electron chi connectivity index (χ3n) is 3.38. The molecule has 1 unspecified atom stereocenters. The van der Waals surface area contributed by atoms with E-state index in [-0.39, 0.29) is 11.8 Å². The number of hydrogen-bond donors (Lipinski definition) is 0. The molecule has 0 aromatic carbocycles. The first-order valence-corrected chi connectivity index (χ1v) is 8.37. The van der Waals surface area contributed by atoms with Crippen molar-refractivity contribution in [2.24, 2.45) is 0 Å². The van der Waals surface area contributed by atoms with Crippen LogP contribution in [0.3, 0.4) is 0 Å². The molecule has 1 fully saturated rings. The van der Waals surface area contributed by atoms with Crippen LogP contribution in [0.25, 0.3) is 0 Å². The lowest BCUT2D eigenvalue weighted by atomic mass is 10.2. The van der Waals surface area contributed by atoms with Crippen molar-refractivity contribution < 1.29 is 8.42 Å². The number of sulfone groups is 1. The lowest BCUT2D eigenvalue weighted by Gasteiger charge is -2.35. The molecule has 1 aliphatic heterocycles. The zero-order valence-corrected chi connectivity index (χ0v) is 12.1. The quantitative estimate of drug-likeness (QED) is 0.698. The van der Waals surface area contributed by atoms with E-state index in [1.54, 1.807) is 0 Å². The van der Waals surface area contributed by atoms with Crippen LogP contribution in [0.4, 0.5) is 0 Å². The molecule has 1 saturated heterocycles. The molecule has 1 aliphatic rings. The molecule has 0 bridgehead atoms. The lowest BCUT2D eigenvalue weighted by Crippen LogP contribution is -2.50. The summed E-state index contributed by atoms with van der Waals surface area (Å²) in [6.07, 6.45) is 0.690. The molecule has 5 nitrogen and oxygen atoms in total. The molecule has 0 aliphatic carbocycles. The van der Waals surface area contributed by atoms with E-state index in [2.05, 4.69) is 15.9 Å². The van der Waals surface area contributed by atoms with Gasteiger partial charge in [-0.05, 0) is 13.3 Å². The summed E-state index contributed by atoms with van der Waals surface area (Å²) in [5.74, 6) is 0.549. The third kappa shape index (κ3) is 4.92. The highest BCUT2D eigenvalue weighted by molar-refractivity contribution is 7.91. The zero-order chi connectivity index (χ0) is 13.6. The maximum atomic E-state index is 11.6. The molecular weight excluding hydrogens is 250 g/mol. The van der Waals surface area contributed by atoms with Crippen molar-refractivity contribution in [2.45, 2.75) is 26.3 Å². The Morgan fingerprint density at radius 1 is 1.22 bits per heavy atom. The van der Waals surface area contributed by atoms with Crippen molar-refractivity contribution in [3.8, 4) is 6.07 Å². The second-order valence-electron chi connectivity index (χ2n) is 4.83. The number of nitrogens with zero attached hydrogens (tertiary/aromatic N) is 3. The fourth-order valence-electron chi connectivity index (χ4n) is 2.14. The molecule has 0 saturated carbocycles. The van der Waals surface area contributed by atoms with Gasteiger partial charge < -0.3 is 0 Å². The van der Waals surface area contributed by atoms with E-state index in [1.165, 1.54) is 0 Å². The number of nitriles is 1. The maximum absolute atomic E-state index is 11.6. The highest BCUT2D eigenvalue weighted by Crippen LogP contribution is 2.06. The molecule has 0 radical (unpaired) electrons. The Bertz CT molecular complexity index is 381. The topological polar surface area (TPSA) is 64.4 Å². The van der Waals surface area contributed by atoms with Gasteiger partial charge in [0, 0.05) is 38.5 Å². The Balaban J connectivity index is 2.30. The molecule has 104 valence electrons. The Morgan fingerprint density at radius 2 is 1.83 bits per heavy atom. The highest BCUT2D eigenvalue weighted by atomic mass is 32.2. The molecular formula is C12H23N3O2S. The number of hydrogen-bond acceptors (Lipinski definition) is 5. The Labute approximate surface area is 110 Å². The van der Waals surface area contributed by atoms with Crippen molar-refractivity contribution in [1.29, 1.82) is 5.26 Å². The summed E-state index contributed by atoms with van der Waals surface area (Å²) < 4.78 is 23.2. The van der Waals surface area contributed by atoms with Crippen molar-refractivity contribution in [2.75, 3.05) is 44.2 Å². The smallest absolute Gasteiger partial charge is 0.151 e. The van der Waals surface area contributed by atoms with E-state index in [4.69, 9.17) is 5.26 Å². The van der Waals surface area contributed by atoms with Crippen LogP contribution in [0.2, 0.25) is 0 Å². The fourth-order valence-corrected chi connectivity index (χ4v) is 3.50. The van der Waals surface area contributed by atoms with Gasteiger partial charge in [0.05, 0.1) is 17.9 Å². The lowest BCUT2D eigenvalue weighted by molar-refractivity contribution is 0.124. The Morgan fingerprint density at radius 3 is 2.33 bits per heavy atom. The van der Waals surface area contributed by atoms with Crippen LogP contribution in [-0.2, 0) is 9.84 Å². The summed E-state index contributed by atoms with van der Waals surface area (Å²) in [5, 5.41) is 8.84. The summed E-state index contributed by atoms with van der Waals surface area (Å²) in [6, 6.07) is 2.19. The first kappa shape index (κ1) is 15.4. The van der Waals surface area contributed by atoms with E-state index in [9.17, 15) is 8.42 Å². The van der Waals surface area contributed by atoms with Gasteiger partial charge in [-0.1, -0.05) is 6.92 Å².